The lowest BCUT2D eigenvalue weighted by atomic mass is 9.98. The molecule has 16 nitrogen and oxygen atoms in total. The van der Waals surface area contributed by atoms with Crippen LogP contribution in [0.2, 0.25) is 0 Å². The number of aromatic nitrogens is 1. The van der Waals surface area contributed by atoms with Gasteiger partial charge in [-0.15, -0.1) is 0 Å². The number of nitrogens with zero attached hydrogens (tertiary/aromatic N) is 2. The van der Waals surface area contributed by atoms with Gasteiger partial charge in [0.05, 0.1) is 12.6 Å². The van der Waals surface area contributed by atoms with E-state index in [1.165, 1.54) is 11.8 Å². The lowest BCUT2D eigenvalue weighted by Gasteiger charge is -2.30. The Balaban J connectivity index is 1.98. The van der Waals surface area contributed by atoms with Crippen LogP contribution >= 0.6 is 0 Å². The molecule has 3 heterocycles. The Hall–Kier alpha value is -4.34. The maximum atomic E-state index is 13.5. The molecule has 1 saturated heterocycles. The molecule has 1 aromatic heterocycles. The molecule has 0 saturated carbocycles. The highest BCUT2D eigenvalue weighted by molar-refractivity contribution is 6.38. The summed E-state index contributed by atoms with van der Waals surface area (Å²) >= 11 is 0. The summed E-state index contributed by atoms with van der Waals surface area (Å²) in [5, 5.41) is 21.8. The third kappa shape index (κ3) is 7.69. The number of carbonyl (C=O) groups excluding carboxylic acids is 7. The molecule has 6 unspecified atom stereocenters. The van der Waals surface area contributed by atoms with Gasteiger partial charge in [0.25, 0.3) is 11.8 Å². The largest absolute Gasteiger partial charge is 0.446 e. The van der Waals surface area contributed by atoms with Gasteiger partial charge in [-0.05, 0) is 31.6 Å². The van der Waals surface area contributed by atoms with Gasteiger partial charge in [-0.2, -0.15) is 0 Å². The molecule has 0 aromatic carbocycles. The summed E-state index contributed by atoms with van der Waals surface area (Å²) in [5.74, 6) is -5.29. The highest BCUT2D eigenvalue weighted by Gasteiger charge is 2.42. The van der Waals surface area contributed by atoms with Gasteiger partial charge in [0.1, 0.15) is 30.4 Å². The smallest absolute Gasteiger partial charge is 0.290 e. The van der Waals surface area contributed by atoms with E-state index in [4.69, 9.17) is 4.42 Å². The molecule has 3 rings (SSSR count). The van der Waals surface area contributed by atoms with Crippen LogP contribution in [0.5, 0.6) is 0 Å². The van der Waals surface area contributed by atoms with Crippen LogP contribution in [0, 0.1) is 11.8 Å². The number of hydrogen-bond acceptors (Lipinski definition) is 10. The van der Waals surface area contributed by atoms with Crippen LogP contribution in [-0.4, -0.2) is 101 Å². The summed E-state index contributed by atoms with van der Waals surface area (Å²) in [6.07, 6.45) is 1.64. The molecule has 0 spiro atoms. The number of hydrogen-bond donors (Lipinski definition) is 6. The van der Waals surface area contributed by atoms with Crippen molar-refractivity contribution in [3.8, 4) is 0 Å². The second-order valence-electron chi connectivity index (χ2n) is 11.0. The second-order valence-corrected chi connectivity index (χ2v) is 11.0. The number of oxazole rings is 1. The van der Waals surface area contributed by atoms with Gasteiger partial charge in [-0.3, -0.25) is 33.6 Å². The molecule has 2 aliphatic rings. The molecule has 6 atom stereocenters. The SMILES string of the molecule is CC(C)CC1NC(=O)C2CC(C)CN2C(=O)C(NC=O)CNC(=O)C(CO)NC(=O)c2coc(n2)C(C)NC(=O)C1=O. The lowest BCUT2D eigenvalue weighted by Crippen LogP contribution is -2.58. The van der Waals surface area contributed by atoms with Gasteiger partial charge < -0.3 is 41.0 Å². The third-order valence-corrected chi connectivity index (χ3v) is 6.98. The number of fused-ring (bicyclic) bond motifs is 3. The van der Waals surface area contributed by atoms with Crippen molar-refractivity contribution >= 4 is 41.7 Å². The van der Waals surface area contributed by atoms with Crippen molar-refractivity contribution in [3.05, 3.63) is 17.8 Å². The fourth-order valence-electron chi connectivity index (χ4n) is 4.84. The molecule has 2 bridgehead atoms. The van der Waals surface area contributed by atoms with Gasteiger partial charge in [0.2, 0.25) is 35.8 Å². The van der Waals surface area contributed by atoms with Gasteiger partial charge in [-0.1, -0.05) is 20.8 Å². The highest BCUT2D eigenvalue weighted by Crippen LogP contribution is 2.24. The molecular formula is C26H37N7O9. The molecule has 2 aliphatic heterocycles. The molecule has 230 valence electrons. The average Bonchev–Trinajstić information content (AvgIpc) is 3.59. The Bertz CT molecular complexity index is 1220. The first-order valence-corrected chi connectivity index (χ1v) is 13.7. The molecule has 6 N–H and O–H groups in total. The zero-order valence-electron chi connectivity index (χ0n) is 23.8. The molecule has 1 aromatic rings. The van der Waals surface area contributed by atoms with E-state index >= 15 is 0 Å². The fourth-order valence-corrected chi connectivity index (χ4v) is 4.84. The standard InChI is InChI=1S/C26H37N7O9/c1-12(2)5-15-20(36)24(40)29-14(4)25-32-18(10-42-25)22(38)31-17(9-34)21(37)27-7-16(28-11-35)26(41)33-8-13(3)6-19(33)23(39)30-15/h10-17,19,34H,5-9H2,1-4H3,(H,27,37)(H,28,35)(H,29,40)(H,30,39)(H,31,38). The molecule has 16 heteroatoms. The summed E-state index contributed by atoms with van der Waals surface area (Å²) in [5.41, 5.74) is -0.270. The Labute approximate surface area is 241 Å². The quantitative estimate of drug-likeness (QED) is 0.156. The Morgan fingerprint density at radius 3 is 2.43 bits per heavy atom. The molecule has 1 fully saturated rings. The van der Waals surface area contributed by atoms with Crippen molar-refractivity contribution < 1.29 is 43.1 Å². The van der Waals surface area contributed by atoms with E-state index < -0.39 is 78.7 Å². The number of rotatable bonds is 5. The number of aliphatic hydroxyl groups excluding tert-OH is 1. The minimum atomic E-state index is -1.45. The monoisotopic (exact) mass is 591 g/mol. The van der Waals surface area contributed by atoms with Gasteiger partial charge in [-0.25, -0.2) is 4.98 Å². The second kappa shape index (κ2) is 14.0. The van der Waals surface area contributed by atoms with E-state index in [0.29, 0.717) is 0 Å². The number of nitrogens with one attached hydrogen (secondary N) is 5. The number of carbonyl (C=O) groups is 7. The summed E-state index contributed by atoms with van der Waals surface area (Å²) in [4.78, 5) is 95.0. The van der Waals surface area contributed by atoms with E-state index in [9.17, 15) is 38.7 Å². The van der Waals surface area contributed by atoms with Crippen molar-refractivity contribution in [1.29, 1.82) is 0 Å². The Morgan fingerprint density at radius 1 is 1.07 bits per heavy atom. The van der Waals surface area contributed by atoms with E-state index in [1.807, 2.05) is 20.8 Å². The van der Waals surface area contributed by atoms with Crippen molar-refractivity contribution in [2.24, 2.45) is 11.8 Å². The first-order chi connectivity index (χ1) is 19.9. The van der Waals surface area contributed by atoms with Crippen molar-refractivity contribution in [2.45, 2.75) is 70.7 Å². The molecule has 0 aliphatic carbocycles. The summed E-state index contributed by atoms with van der Waals surface area (Å²) in [7, 11) is 0. The van der Waals surface area contributed by atoms with Crippen LogP contribution in [-0.2, 0) is 28.8 Å². The number of Topliss-reactive ketones (excluding diaryl/α,β-unsaturated/α-hetero) is 1. The van der Waals surface area contributed by atoms with Crippen molar-refractivity contribution in [1.82, 2.24) is 36.5 Å². The summed E-state index contributed by atoms with van der Waals surface area (Å²) in [6, 6.07) is -5.90. The van der Waals surface area contributed by atoms with E-state index in [0.717, 1.165) is 6.26 Å². The zero-order chi connectivity index (χ0) is 31.1. The molecular weight excluding hydrogens is 554 g/mol. The van der Waals surface area contributed by atoms with Gasteiger partial charge >= 0.3 is 0 Å². The zero-order valence-corrected chi connectivity index (χ0v) is 23.8. The number of aliphatic hydroxyl groups is 1. The van der Waals surface area contributed by atoms with Crippen LogP contribution in [0.25, 0.3) is 0 Å². The number of amides is 6. The fraction of sp³-hybridized carbons (Fsp3) is 0.615. The number of ketones is 1. The minimum Gasteiger partial charge on any atom is -0.446 e. The first kappa shape index (κ1) is 32.2. The highest BCUT2D eigenvalue weighted by atomic mass is 16.3. The van der Waals surface area contributed by atoms with E-state index in [2.05, 4.69) is 31.6 Å². The average molecular weight is 592 g/mol. The topological polar surface area (TPSA) is 229 Å². The third-order valence-electron chi connectivity index (χ3n) is 6.98. The van der Waals surface area contributed by atoms with Crippen LogP contribution in [0.1, 0.15) is 63.0 Å². The van der Waals surface area contributed by atoms with E-state index in [-0.39, 0.29) is 49.2 Å². The molecule has 42 heavy (non-hydrogen) atoms. The van der Waals surface area contributed by atoms with Crippen molar-refractivity contribution in [2.75, 3.05) is 19.7 Å². The Kier molecular flexibility index (Phi) is 10.7. The lowest BCUT2D eigenvalue weighted by molar-refractivity contribution is -0.143. The maximum Gasteiger partial charge on any atom is 0.290 e. The van der Waals surface area contributed by atoms with Crippen molar-refractivity contribution in [3.63, 3.8) is 0 Å². The first-order valence-electron chi connectivity index (χ1n) is 13.7. The summed E-state index contributed by atoms with van der Waals surface area (Å²) in [6.45, 7) is 5.87. The van der Waals surface area contributed by atoms with Crippen LogP contribution in [0.4, 0.5) is 0 Å². The van der Waals surface area contributed by atoms with Gasteiger partial charge in [0, 0.05) is 13.1 Å². The minimum absolute atomic E-state index is 0.0874. The molecule has 6 amide bonds. The predicted molar refractivity (Wildman–Crippen MR) is 143 cm³/mol. The van der Waals surface area contributed by atoms with E-state index in [1.54, 1.807) is 0 Å². The summed E-state index contributed by atoms with van der Waals surface area (Å²) < 4.78 is 5.28. The van der Waals surface area contributed by atoms with Crippen LogP contribution in [0.3, 0.4) is 0 Å². The maximum absolute atomic E-state index is 13.5. The van der Waals surface area contributed by atoms with Gasteiger partial charge in [0.15, 0.2) is 5.69 Å². The van der Waals surface area contributed by atoms with Crippen LogP contribution < -0.4 is 26.6 Å². The molecule has 0 radical (unpaired) electrons. The Morgan fingerprint density at radius 2 is 1.79 bits per heavy atom. The van der Waals surface area contributed by atoms with Crippen LogP contribution in [0.15, 0.2) is 10.7 Å². The normalized spacial score (nSPS) is 28.4. The predicted octanol–water partition coefficient (Wildman–Crippen LogP) is -2.48.